The molecule has 1 saturated carbocycles. The van der Waals surface area contributed by atoms with Crippen LogP contribution in [0.3, 0.4) is 0 Å². The fourth-order valence-corrected chi connectivity index (χ4v) is 3.07. The molecule has 1 N–H and O–H groups in total. The lowest BCUT2D eigenvalue weighted by molar-refractivity contribution is 0.128. The molecule has 0 aliphatic heterocycles. The van der Waals surface area contributed by atoms with Crippen LogP contribution in [0.2, 0.25) is 5.02 Å². The van der Waals surface area contributed by atoms with Gasteiger partial charge in [0.25, 0.3) is 0 Å². The molecule has 2 unspecified atom stereocenters. The first kappa shape index (κ1) is 15.7. The van der Waals surface area contributed by atoms with Gasteiger partial charge in [-0.1, -0.05) is 37.8 Å². The van der Waals surface area contributed by atoms with Crippen LogP contribution in [0.4, 0.5) is 0 Å². The summed E-state index contributed by atoms with van der Waals surface area (Å²) in [6.45, 7) is 5.20. The van der Waals surface area contributed by atoms with Crippen molar-refractivity contribution in [1.29, 1.82) is 0 Å². The predicted molar refractivity (Wildman–Crippen MR) is 85.8 cm³/mol. The van der Waals surface area contributed by atoms with Gasteiger partial charge >= 0.3 is 0 Å². The first-order chi connectivity index (χ1) is 9.70. The summed E-state index contributed by atoms with van der Waals surface area (Å²) < 4.78 is 6.27. The van der Waals surface area contributed by atoms with Gasteiger partial charge in [-0.15, -0.1) is 0 Å². The van der Waals surface area contributed by atoms with Gasteiger partial charge in [-0.2, -0.15) is 0 Å². The van der Waals surface area contributed by atoms with Crippen LogP contribution < -0.4 is 10.1 Å². The van der Waals surface area contributed by atoms with Crippen LogP contribution in [0.1, 0.15) is 51.0 Å². The topological polar surface area (TPSA) is 21.3 Å². The van der Waals surface area contributed by atoms with Gasteiger partial charge < -0.3 is 10.1 Å². The third kappa shape index (κ3) is 4.39. The van der Waals surface area contributed by atoms with Gasteiger partial charge in [-0.05, 0) is 56.5 Å². The van der Waals surface area contributed by atoms with Crippen LogP contribution in [0.5, 0.6) is 5.75 Å². The van der Waals surface area contributed by atoms with Gasteiger partial charge in [0.2, 0.25) is 0 Å². The molecule has 2 rings (SSSR count). The first-order valence-corrected chi connectivity index (χ1v) is 8.24. The molecule has 112 valence electrons. The van der Waals surface area contributed by atoms with E-state index in [-0.39, 0.29) is 6.10 Å². The van der Waals surface area contributed by atoms with Crippen molar-refractivity contribution in [3.8, 4) is 5.75 Å². The van der Waals surface area contributed by atoms with E-state index in [1.807, 2.05) is 25.1 Å². The lowest BCUT2D eigenvalue weighted by Crippen LogP contribution is -2.43. The van der Waals surface area contributed by atoms with Crippen molar-refractivity contribution in [3.05, 3.63) is 28.8 Å². The minimum absolute atomic E-state index is 0.274. The molecule has 1 aliphatic rings. The maximum Gasteiger partial charge on any atom is 0.120 e. The SMILES string of the molecule is CCNC1CCCCCCC1Oc1ccc(Cl)c(C)c1. The molecule has 0 radical (unpaired) electrons. The van der Waals surface area contributed by atoms with E-state index >= 15 is 0 Å². The number of ether oxygens (including phenoxy) is 1. The summed E-state index contributed by atoms with van der Waals surface area (Å²) >= 11 is 6.08. The average molecular weight is 296 g/mol. The van der Waals surface area contributed by atoms with E-state index in [1.165, 1.54) is 32.1 Å². The smallest absolute Gasteiger partial charge is 0.120 e. The summed E-state index contributed by atoms with van der Waals surface area (Å²) in [5.74, 6) is 0.945. The van der Waals surface area contributed by atoms with Gasteiger partial charge in [0.1, 0.15) is 11.9 Å². The Bertz CT molecular complexity index is 421. The Morgan fingerprint density at radius 1 is 1.20 bits per heavy atom. The molecular weight excluding hydrogens is 270 g/mol. The summed E-state index contributed by atoms with van der Waals surface area (Å²) in [5, 5.41) is 4.40. The zero-order valence-corrected chi connectivity index (χ0v) is 13.4. The molecule has 0 heterocycles. The van der Waals surface area contributed by atoms with Crippen LogP contribution in [-0.2, 0) is 0 Å². The van der Waals surface area contributed by atoms with Crippen molar-refractivity contribution in [2.75, 3.05) is 6.54 Å². The third-order valence-electron chi connectivity index (χ3n) is 4.09. The second kappa shape index (κ2) is 7.90. The fraction of sp³-hybridized carbons (Fsp3) is 0.647. The molecule has 0 spiro atoms. The predicted octanol–water partition coefficient (Wildman–Crippen LogP) is 4.73. The minimum Gasteiger partial charge on any atom is -0.489 e. The lowest BCUT2D eigenvalue weighted by Gasteiger charge is -2.30. The highest BCUT2D eigenvalue weighted by Crippen LogP contribution is 2.26. The minimum atomic E-state index is 0.274. The summed E-state index contributed by atoms with van der Waals surface area (Å²) in [4.78, 5) is 0. The highest BCUT2D eigenvalue weighted by Gasteiger charge is 2.23. The van der Waals surface area contributed by atoms with Crippen LogP contribution >= 0.6 is 11.6 Å². The number of halogens is 1. The molecule has 1 aromatic rings. The number of rotatable bonds is 4. The molecule has 1 aromatic carbocycles. The van der Waals surface area contributed by atoms with Crippen molar-refractivity contribution in [2.45, 2.75) is 64.5 Å². The van der Waals surface area contributed by atoms with E-state index in [2.05, 4.69) is 12.2 Å². The second-order valence-corrected chi connectivity index (χ2v) is 6.13. The maximum atomic E-state index is 6.27. The summed E-state index contributed by atoms with van der Waals surface area (Å²) in [6.07, 6.45) is 7.88. The monoisotopic (exact) mass is 295 g/mol. The molecule has 2 nitrogen and oxygen atoms in total. The molecule has 20 heavy (non-hydrogen) atoms. The van der Waals surface area contributed by atoms with Gasteiger partial charge in [-0.3, -0.25) is 0 Å². The Kier molecular flexibility index (Phi) is 6.18. The zero-order valence-electron chi connectivity index (χ0n) is 12.6. The molecule has 1 aliphatic carbocycles. The Morgan fingerprint density at radius 2 is 1.95 bits per heavy atom. The van der Waals surface area contributed by atoms with Gasteiger partial charge in [0, 0.05) is 11.1 Å². The molecule has 0 bridgehead atoms. The Balaban J connectivity index is 2.06. The maximum absolute atomic E-state index is 6.27. The van der Waals surface area contributed by atoms with E-state index in [0.717, 1.165) is 29.3 Å². The van der Waals surface area contributed by atoms with E-state index in [0.29, 0.717) is 6.04 Å². The number of likely N-dealkylation sites (N-methyl/N-ethyl adjacent to an activating group) is 1. The zero-order chi connectivity index (χ0) is 14.4. The molecule has 0 aromatic heterocycles. The summed E-state index contributed by atoms with van der Waals surface area (Å²) in [6, 6.07) is 6.43. The van der Waals surface area contributed by atoms with Crippen molar-refractivity contribution < 1.29 is 4.74 Å². The summed E-state index contributed by atoms with van der Waals surface area (Å²) in [5.41, 5.74) is 1.08. The van der Waals surface area contributed by atoms with E-state index in [9.17, 15) is 0 Å². The Morgan fingerprint density at radius 3 is 2.65 bits per heavy atom. The van der Waals surface area contributed by atoms with Gasteiger partial charge in [0.05, 0.1) is 0 Å². The Labute approximate surface area is 127 Å². The average Bonchev–Trinajstić information content (AvgIpc) is 2.41. The highest BCUT2D eigenvalue weighted by atomic mass is 35.5. The number of benzene rings is 1. The van der Waals surface area contributed by atoms with Crippen molar-refractivity contribution >= 4 is 11.6 Å². The molecule has 0 saturated heterocycles. The molecule has 2 atom stereocenters. The normalized spacial score (nSPS) is 23.9. The largest absolute Gasteiger partial charge is 0.489 e. The third-order valence-corrected chi connectivity index (χ3v) is 4.51. The van der Waals surface area contributed by atoms with E-state index < -0.39 is 0 Å². The fourth-order valence-electron chi connectivity index (χ4n) is 2.95. The van der Waals surface area contributed by atoms with Crippen LogP contribution in [0.15, 0.2) is 18.2 Å². The molecular formula is C17H26ClNO. The van der Waals surface area contributed by atoms with Crippen LogP contribution in [0.25, 0.3) is 0 Å². The van der Waals surface area contributed by atoms with Gasteiger partial charge in [-0.25, -0.2) is 0 Å². The van der Waals surface area contributed by atoms with Crippen molar-refractivity contribution in [1.82, 2.24) is 5.32 Å². The van der Waals surface area contributed by atoms with E-state index in [4.69, 9.17) is 16.3 Å². The van der Waals surface area contributed by atoms with E-state index in [1.54, 1.807) is 0 Å². The van der Waals surface area contributed by atoms with Crippen LogP contribution in [-0.4, -0.2) is 18.7 Å². The lowest BCUT2D eigenvalue weighted by atomic mass is 9.94. The molecule has 1 fully saturated rings. The number of nitrogens with one attached hydrogen (secondary N) is 1. The second-order valence-electron chi connectivity index (χ2n) is 5.72. The number of hydrogen-bond acceptors (Lipinski definition) is 2. The molecule has 0 amide bonds. The quantitative estimate of drug-likeness (QED) is 0.867. The Hall–Kier alpha value is -0.730. The molecule has 3 heteroatoms. The van der Waals surface area contributed by atoms with Crippen molar-refractivity contribution in [3.63, 3.8) is 0 Å². The summed E-state index contributed by atoms with van der Waals surface area (Å²) in [7, 11) is 0. The number of aryl methyl sites for hydroxylation is 1. The van der Waals surface area contributed by atoms with Gasteiger partial charge in [0.15, 0.2) is 0 Å². The standard InChI is InChI=1S/C17H26ClNO/c1-3-19-16-8-6-4-5-7-9-17(16)20-14-10-11-15(18)13(2)12-14/h10-12,16-17,19H,3-9H2,1-2H3. The number of hydrogen-bond donors (Lipinski definition) is 1. The van der Waals surface area contributed by atoms with Crippen molar-refractivity contribution in [2.24, 2.45) is 0 Å². The highest BCUT2D eigenvalue weighted by molar-refractivity contribution is 6.31. The first-order valence-electron chi connectivity index (χ1n) is 7.87. The van der Waals surface area contributed by atoms with Crippen LogP contribution in [0, 0.1) is 6.92 Å².